The van der Waals surface area contributed by atoms with E-state index in [0.717, 1.165) is 22.9 Å². The lowest BCUT2D eigenvalue weighted by atomic mass is 10.0. The molecule has 1 amide bonds. The van der Waals surface area contributed by atoms with Crippen molar-refractivity contribution in [3.63, 3.8) is 0 Å². The Morgan fingerprint density at radius 3 is 2.68 bits per heavy atom. The van der Waals surface area contributed by atoms with Crippen LogP contribution in [-0.4, -0.2) is 37.2 Å². The molecule has 1 N–H and O–H groups in total. The number of amides is 1. The highest BCUT2D eigenvalue weighted by molar-refractivity contribution is 8.26. The maximum atomic E-state index is 12.7. The molecule has 0 bridgehead atoms. The molecule has 0 aliphatic carbocycles. The van der Waals surface area contributed by atoms with E-state index in [2.05, 4.69) is 4.98 Å². The molecule has 0 spiro atoms. The third kappa shape index (κ3) is 3.94. The maximum absolute atomic E-state index is 12.7. The van der Waals surface area contributed by atoms with E-state index in [1.165, 1.54) is 4.90 Å². The molecule has 1 aliphatic rings. The first kappa shape index (κ1) is 17.3. The van der Waals surface area contributed by atoms with Crippen LogP contribution in [0.15, 0.2) is 59.8 Å². The van der Waals surface area contributed by atoms with Crippen LogP contribution in [0.3, 0.4) is 0 Å². The van der Waals surface area contributed by atoms with E-state index in [1.807, 2.05) is 36.4 Å². The largest absolute Gasteiger partial charge is 0.480 e. The van der Waals surface area contributed by atoms with Gasteiger partial charge < -0.3 is 5.11 Å². The van der Waals surface area contributed by atoms with Gasteiger partial charge in [-0.15, -0.1) is 0 Å². The number of carboxylic acid groups (broad SMARTS) is 1. The number of pyridine rings is 1. The molecule has 0 radical (unpaired) electrons. The Labute approximate surface area is 154 Å². The van der Waals surface area contributed by atoms with E-state index in [1.54, 1.807) is 24.5 Å². The van der Waals surface area contributed by atoms with Gasteiger partial charge in [-0.05, 0) is 23.3 Å². The average Bonchev–Trinajstić information content (AvgIpc) is 2.88. The number of nitrogens with zero attached hydrogens (tertiary/aromatic N) is 2. The van der Waals surface area contributed by atoms with Gasteiger partial charge in [0, 0.05) is 18.8 Å². The molecule has 1 aromatic heterocycles. The maximum Gasteiger partial charge on any atom is 0.327 e. The summed E-state index contributed by atoms with van der Waals surface area (Å²) in [5.74, 6) is -1.47. The molecule has 1 fully saturated rings. The third-order valence-corrected chi connectivity index (χ3v) is 5.00. The number of benzene rings is 1. The quantitative estimate of drug-likeness (QED) is 0.645. The van der Waals surface area contributed by atoms with Gasteiger partial charge in [0.15, 0.2) is 0 Å². The summed E-state index contributed by atoms with van der Waals surface area (Å²) < 4.78 is 0.253. The van der Waals surface area contributed by atoms with Crippen LogP contribution in [0.2, 0.25) is 0 Å². The molecule has 2 aromatic rings. The van der Waals surface area contributed by atoms with Crippen molar-refractivity contribution in [2.75, 3.05) is 0 Å². The number of carbonyl (C=O) groups excluding carboxylic acids is 1. The summed E-state index contributed by atoms with van der Waals surface area (Å²) in [6.07, 6.45) is 5.14. The molecule has 1 unspecified atom stereocenters. The fraction of sp³-hybridized carbons (Fsp3) is 0.111. The van der Waals surface area contributed by atoms with Gasteiger partial charge in [-0.3, -0.25) is 14.7 Å². The first-order valence-electron chi connectivity index (χ1n) is 7.50. The van der Waals surface area contributed by atoms with E-state index in [9.17, 15) is 14.7 Å². The lowest BCUT2D eigenvalue weighted by Gasteiger charge is -2.23. The van der Waals surface area contributed by atoms with Crippen LogP contribution in [0.25, 0.3) is 6.08 Å². The van der Waals surface area contributed by atoms with Crippen molar-refractivity contribution in [3.8, 4) is 0 Å². The second-order valence-electron chi connectivity index (χ2n) is 5.38. The molecule has 1 aromatic carbocycles. The number of aliphatic carboxylic acids is 1. The van der Waals surface area contributed by atoms with Crippen molar-refractivity contribution < 1.29 is 14.7 Å². The second-order valence-corrected chi connectivity index (χ2v) is 7.06. The highest BCUT2D eigenvalue weighted by Gasteiger charge is 2.40. The molecule has 1 saturated heterocycles. The van der Waals surface area contributed by atoms with Gasteiger partial charge in [0.1, 0.15) is 10.4 Å². The molecule has 7 heteroatoms. The molecule has 3 rings (SSSR count). The number of carboxylic acids is 1. The Bertz CT molecular complexity index is 838. The summed E-state index contributed by atoms with van der Waals surface area (Å²) in [6, 6.07) is 11.7. The lowest BCUT2D eigenvalue weighted by molar-refractivity contribution is -0.145. The van der Waals surface area contributed by atoms with Crippen molar-refractivity contribution in [3.05, 3.63) is 70.9 Å². The van der Waals surface area contributed by atoms with Gasteiger partial charge in [-0.25, -0.2) is 4.79 Å². The highest BCUT2D eigenvalue weighted by atomic mass is 32.2. The van der Waals surface area contributed by atoms with Gasteiger partial charge in [0.25, 0.3) is 5.91 Å². The van der Waals surface area contributed by atoms with Crippen LogP contribution < -0.4 is 0 Å². The Balaban J connectivity index is 1.87. The number of thiocarbonyl (C=S) groups is 1. The lowest BCUT2D eigenvalue weighted by Crippen LogP contribution is -2.45. The molecular weight excluding hydrogens is 356 g/mol. The first-order valence-corrected chi connectivity index (χ1v) is 8.72. The minimum atomic E-state index is -1.08. The number of carbonyl (C=O) groups is 2. The monoisotopic (exact) mass is 370 g/mol. The predicted octanol–water partition coefficient (Wildman–Crippen LogP) is 2.98. The highest BCUT2D eigenvalue weighted by Crippen LogP contribution is 2.34. The van der Waals surface area contributed by atoms with E-state index in [-0.39, 0.29) is 16.6 Å². The predicted molar refractivity (Wildman–Crippen MR) is 101 cm³/mol. The first-order chi connectivity index (χ1) is 12.1. The fourth-order valence-electron chi connectivity index (χ4n) is 2.49. The van der Waals surface area contributed by atoms with Crippen LogP contribution in [0.4, 0.5) is 0 Å². The second kappa shape index (κ2) is 7.58. The number of thioether (sulfide) groups is 1. The summed E-state index contributed by atoms with van der Waals surface area (Å²) in [6.45, 7) is 0. The Kier molecular flexibility index (Phi) is 5.25. The molecule has 2 heterocycles. The Hall–Kier alpha value is -2.51. The zero-order chi connectivity index (χ0) is 17.8. The summed E-state index contributed by atoms with van der Waals surface area (Å²) in [4.78, 5) is 30.1. The smallest absolute Gasteiger partial charge is 0.327 e. The topological polar surface area (TPSA) is 70.5 Å². The molecule has 1 aliphatic heterocycles. The average molecular weight is 370 g/mol. The number of hydrogen-bond acceptors (Lipinski definition) is 5. The van der Waals surface area contributed by atoms with Gasteiger partial charge in [-0.1, -0.05) is 60.4 Å². The van der Waals surface area contributed by atoms with Crippen LogP contribution in [0.1, 0.15) is 11.1 Å². The summed E-state index contributed by atoms with van der Waals surface area (Å²) in [5, 5.41) is 9.61. The number of hydrogen-bond donors (Lipinski definition) is 1. The van der Waals surface area contributed by atoms with E-state index < -0.39 is 12.0 Å². The molecule has 5 nitrogen and oxygen atoms in total. The summed E-state index contributed by atoms with van der Waals surface area (Å²) in [7, 11) is 0. The number of aromatic nitrogens is 1. The van der Waals surface area contributed by atoms with E-state index in [0.29, 0.717) is 4.91 Å². The van der Waals surface area contributed by atoms with Gasteiger partial charge in [0.2, 0.25) is 0 Å². The van der Waals surface area contributed by atoms with Gasteiger partial charge >= 0.3 is 5.97 Å². The minimum absolute atomic E-state index is 0.197. The summed E-state index contributed by atoms with van der Waals surface area (Å²) >= 11 is 6.38. The zero-order valence-corrected chi connectivity index (χ0v) is 14.7. The zero-order valence-electron chi connectivity index (χ0n) is 13.0. The minimum Gasteiger partial charge on any atom is -0.480 e. The van der Waals surface area contributed by atoms with E-state index in [4.69, 9.17) is 12.2 Å². The molecule has 25 heavy (non-hydrogen) atoms. The van der Waals surface area contributed by atoms with E-state index >= 15 is 0 Å². The standard InChI is InChI=1S/C18H14N2O3S2/c21-16-15(10-13-7-4-8-19-11-13)25-18(24)20(16)14(17(22)23)9-12-5-2-1-3-6-12/h1-8,10-11,14H,9H2,(H,22,23). The van der Waals surface area contributed by atoms with Crippen LogP contribution in [0, 0.1) is 0 Å². The Morgan fingerprint density at radius 1 is 1.28 bits per heavy atom. The molecule has 126 valence electrons. The molecular formula is C18H14N2O3S2. The third-order valence-electron chi connectivity index (χ3n) is 3.67. The summed E-state index contributed by atoms with van der Waals surface area (Å²) in [5.41, 5.74) is 1.60. The molecule has 1 atom stereocenters. The van der Waals surface area contributed by atoms with Crippen molar-refractivity contribution in [2.24, 2.45) is 0 Å². The van der Waals surface area contributed by atoms with Gasteiger partial charge in [0.05, 0.1) is 4.91 Å². The van der Waals surface area contributed by atoms with Crippen molar-refractivity contribution in [1.29, 1.82) is 0 Å². The van der Waals surface area contributed by atoms with Crippen LogP contribution >= 0.6 is 24.0 Å². The number of rotatable bonds is 5. The SMILES string of the molecule is O=C(O)C(Cc1ccccc1)N1C(=O)C(=Cc2cccnc2)SC1=S. The Morgan fingerprint density at radius 2 is 2.04 bits per heavy atom. The van der Waals surface area contributed by atoms with Crippen molar-refractivity contribution in [2.45, 2.75) is 12.5 Å². The van der Waals surface area contributed by atoms with Crippen molar-refractivity contribution >= 4 is 46.3 Å². The molecule has 0 saturated carbocycles. The van der Waals surface area contributed by atoms with Crippen molar-refractivity contribution in [1.82, 2.24) is 9.88 Å². The van der Waals surface area contributed by atoms with Gasteiger partial charge in [-0.2, -0.15) is 0 Å². The fourth-order valence-corrected chi connectivity index (χ4v) is 3.84. The normalized spacial score (nSPS) is 17.1. The van der Waals surface area contributed by atoms with Crippen LogP contribution in [0.5, 0.6) is 0 Å². The van der Waals surface area contributed by atoms with Crippen LogP contribution in [-0.2, 0) is 16.0 Å².